The van der Waals surface area contributed by atoms with Gasteiger partial charge in [-0.1, -0.05) is 13.8 Å². The van der Waals surface area contributed by atoms with Gasteiger partial charge in [0, 0.05) is 26.1 Å². The van der Waals surface area contributed by atoms with Gasteiger partial charge in [-0.15, -0.1) is 0 Å². The first-order valence-corrected chi connectivity index (χ1v) is 5.50. The van der Waals surface area contributed by atoms with Crippen LogP contribution in [0, 0.1) is 5.92 Å². The lowest BCUT2D eigenvalue weighted by Gasteiger charge is -2.20. The quantitative estimate of drug-likeness (QED) is 0.680. The van der Waals surface area contributed by atoms with Gasteiger partial charge in [-0.3, -0.25) is 4.79 Å². The van der Waals surface area contributed by atoms with Crippen molar-refractivity contribution in [1.29, 1.82) is 0 Å². The van der Waals surface area contributed by atoms with Crippen LogP contribution in [0.15, 0.2) is 0 Å². The Morgan fingerprint density at radius 3 is 2.50 bits per heavy atom. The zero-order valence-electron chi connectivity index (χ0n) is 9.62. The highest BCUT2D eigenvalue weighted by molar-refractivity contribution is 5.76. The van der Waals surface area contributed by atoms with Gasteiger partial charge in [-0.25, -0.2) is 0 Å². The first-order chi connectivity index (χ1) is 6.61. The summed E-state index contributed by atoms with van der Waals surface area (Å²) < 4.78 is 0. The van der Waals surface area contributed by atoms with Crippen molar-refractivity contribution >= 4 is 5.91 Å². The molecule has 0 atom stereocenters. The Bertz CT molecular complexity index is 157. The summed E-state index contributed by atoms with van der Waals surface area (Å²) in [6, 6.07) is 0. The maximum Gasteiger partial charge on any atom is 0.222 e. The maximum atomic E-state index is 11.6. The highest BCUT2D eigenvalue weighted by atomic mass is 16.3. The van der Waals surface area contributed by atoms with Crippen LogP contribution in [0.25, 0.3) is 0 Å². The van der Waals surface area contributed by atoms with Crippen molar-refractivity contribution in [2.45, 2.75) is 40.0 Å². The molecule has 0 aliphatic heterocycles. The van der Waals surface area contributed by atoms with Crippen LogP contribution in [0.4, 0.5) is 0 Å². The third kappa shape index (κ3) is 5.97. The Kier molecular flexibility index (Phi) is 7.48. The Morgan fingerprint density at radius 2 is 2.07 bits per heavy atom. The SMILES string of the molecule is CCN(CCCO)C(=O)CCC(C)C. The number of hydrogen-bond acceptors (Lipinski definition) is 2. The van der Waals surface area contributed by atoms with E-state index in [2.05, 4.69) is 13.8 Å². The molecule has 0 saturated heterocycles. The van der Waals surface area contributed by atoms with Gasteiger partial charge in [0.1, 0.15) is 0 Å². The van der Waals surface area contributed by atoms with Crippen LogP contribution in [0.3, 0.4) is 0 Å². The number of nitrogens with zero attached hydrogens (tertiary/aromatic N) is 1. The minimum absolute atomic E-state index is 0.161. The molecule has 0 rings (SSSR count). The maximum absolute atomic E-state index is 11.6. The normalized spacial score (nSPS) is 10.6. The van der Waals surface area contributed by atoms with Gasteiger partial charge in [-0.05, 0) is 25.7 Å². The highest BCUT2D eigenvalue weighted by Crippen LogP contribution is 2.06. The molecular weight excluding hydrogens is 178 g/mol. The number of carbonyl (C=O) groups is 1. The van der Waals surface area contributed by atoms with Crippen LogP contribution in [-0.2, 0) is 4.79 Å². The van der Waals surface area contributed by atoms with E-state index in [-0.39, 0.29) is 12.5 Å². The van der Waals surface area contributed by atoms with E-state index in [0.717, 1.165) is 13.0 Å². The number of carbonyl (C=O) groups excluding carboxylic acids is 1. The summed E-state index contributed by atoms with van der Waals surface area (Å²) in [4.78, 5) is 13.4. The molecule has 0 radical (unpaired) electrons. The van der Waals surface area contributed by atoms with E-state index in [1.807, 2.05) is 11.8 Å². The minimum Gasteiger partial charge on any atom is -0.396 e. The summed E-state index contributed by atoms with van der Waals surface area (Å²) in [7, 11) is 0. The lowest BCUT2D eigenvalue weighted by atomic mass is 10.1. The molecule has 3 nitrogen and oxygen atoms in total. The van der Waals surface area contributed by atoms with E-state index < -0.39 is 0 Å². The second-order valence-electron chi connectivity index (χ2n) is 3.98. The van der Waals surface area contributed by atoms with Crippen LogP contribution < -0.4 is 0 Å². The number of rotatable bonds is 7. The Labute approximate surface area is 87.1 Å². The number of hydrogen-bond donors (Lipinski definition) is 1. The van der Waals surface area contributed by atoms with Crippen LogP contribution >= 0.6 is 0 Å². The molecule has 0 saturated carbocycles. The second-order valence-corrected chi connectivity index (χ2v) is 3.98. The Hall–Kier alpha value is -0.570. The van der Waals surface area contributed by atoms with Crippen LogP contribution in [-0.4, -0.2) is 35.6 Å². The molecule has 0 aromatic rings. The molecule has 0 spiro atoms. The molecule has 0 aliphatic carbocycles. The highest BCUT2D eigenvalue weighted by Gasteiger charge is 2.10. The van der Waals surface area contributed by atoms with Crippen LogP contribution in [0.2, 0.25) is 0 Å². The average molecular weight is 201 g/mol. The minimum atomic E-state index is 0.161. The summed E-state index contributed by atoms with van der Waals surface area (Å²) in [6.45, 7) is 7.81. The van der Waals surface area contributed by atoms with Crippen molar-refractivity contribution in [2.24, 2.45) is 5.92 Å². The lowest BCUT2D eigenvalue weighted by molar-refractivity contribution is -0.131. The van der Waals surface area contributed by atoms with E-state index in [1.165, 1.54) is 0 Å². The third-order valence-corrected chi connectivity index (χ3v) is 2.26. The van der Waals surface area contributed by atoms with Gasteiger partial charge < -0.3 is 10.0 Å². The van der Waals surface area contributed by atoms with Crippen molar-refractivity contribution in [2.75, 3.05) is 19.7 Å². The van der Waals surface area contributed by atoms with Gasteiger partial charge in [0.15, 0.2) is 0 Å². The molecule has 0 heterocycles. The van der Waals surface area contributed by atoms with E-state index in [1.54, 1.807) is 0 Å². The van der Waals surface area contributed by atoms with Crippen molar-refractivity contribution in [3.05, 3.63) is 0 Å². The van der Waals surface area contributed by atoms with Gasteiger partial charge in [0.05, 0.1) is 0 Å². The van der Waals surface area contributed by atoms with Gasteiger partial charge in [-0.2, -0.15) is 0 Å². The topological polar surface area (TPSA) is 40.5 Å². The zero-order valence-corrected chi connectivity index (χ0v) is 9.62. The summed E-state index contributed by atoms with van der Waals surface area (Å²) in [5.41, 5.74) is 0. The van der Waals surface area contributed by atoms with Crippen molar-refractivity contribution in [3.8, 4) is 0 Å². The zero-order chi connectivity index (χ0) is 11.0. The molecule has 3 heteroatoms. The first-order valence-electron chi connectivity index (χ1n) is 5.50. The second kappa shape index (κ2) is 7.80. The Morgan fingerprint density at radius 1 is 1.43 bits per heavy atom. The summed E-state index contributed by atoms with van der Waals surface area (Å²) in [5.74, 6) is 0.796. The van der Waals surface area contributed by atoms with Crippen molar-refractivity contribution in [3.63, 3.8) is 0 Å². The van der Waals surface area contributed by atoms with Crippen LogP contribution in [0.1, 0.15) is 40.0 Å². The molecule has 0 aromatic carbocycles. The Balaban J connectivity index is 3.79. The fraction of sp³-hybridized carbons (Fsp3) is 0.909. The van der Waals surface area contributed by atoms with E-state index in [0.29, 0.717) is 25.3 Å². The van der Waals surface area contributed by atoms with Crippen LogP contribution in [0.5, 0.6) is 0 Å². The fourth-order valence-corrected chi connectivity index (χ4v) is 1.29. The largest absolute Gasteiger partial charge is 0.396 e. The molecule has 0 bridgehead atoms. The van der Waals surface area contributed by atoms with Gasteiger partial charge >= 0.3 is 0 Å². The van der Waals surface area contributed by atoms with E-state index in [9.17, 15) is 4.79 Å². The summed E-state index contributed by atoms with van der Waals surface area (Å²) in [6.07, 6.45) is 2.27. The number of amides is 1. The fourth-order valence-electron chi connectivity index (χ4n) is 1.29. The van der Waals surface area contributed by atoms with E-state index in [4.69, 9.17) is 5.11 Å². The predicted molar refractivity (Wildman–Crippen MR) is 58.0 cm³/mol. The van der Waals surface area contributed by atoms with Crippen molar-refractivity contribution in [1.82, 2.24) is 4.90 Å². The average Bonchev–Trinajstić information content (AvgIpc) is 2.16. The third-order valence-electron chi connectivity index (χ3n) is 2.26. The van der Waals surface area contributed by atoms with Gasteiger partial charge in [0.2, 0.25) is 5.91 Å². The molecule has 1 amide bonds. The molecule has 84 valence electrons. The van der Waals surface area contributed by atoms with E-state index >= 15 is 0 Å². The monoisotopic (exact) mass is 201 g/mol. The first kappa shape index (κ1) is 13.4. The smallest absolute Gasteiger partial charge is 0.222 e. The molecule has 14 heavy (non-hydrogen) atoms. The summed E-state index contributed by atoms with van der Waals surface area (Å²) in [5, 5.41) is 8.67. The molecule has 0 unspecified atom stereocenters. The molecule has 0 aliphatic rings. The van der Waals surface area contributed by atoms with Gasteiger partial charge in [0.25, 0.3) is 0 Å². The number of aliphatic hydroxyl groups excluding tert-OH is 1. The standard InChI is InChI=1S/C11H23NO2/c1-4-12(8-5-9-13)11(14)7-6-10(2)3/h10,13H,4-9H2,1-3H3. The van der Waals surface area contributed by atoms with Crippen molar-refractivity contribution < 1.29 is 9.90 Å². The molecule has 1 N–H and O–H groups in total. The predicted octanol–water partition coefficient (Wildman–Crippen LogP) is 1.65. The molecular formula is C11H23NO2. The summed E-state index contributed by atoms with van der Waals surface area (Å²) >= 11 is 0. The number of aliphatic hydroxyl groups is 1. The lowest BCUT2D eigenvalue weighted by Crippen LogP contribution is -2.32. The molecule has 0 aromatic heterocycles. The molecule has 0 fully saturated rings.